The van der Waals surface area contributed by atoms with Gasteiger partial charge in [0.2, 0.25) is 11.8 Å². The predicted molar refractivity (Wildman–Crippen MR) is 147 cm³/mol. The number of unbranched alkanes of at least 4 members (excludes halogenated alkanes) is 1. The fourth-order valence-electron chi connectivity index (χ4n) is 5.87. The topological polar surface area (TPSA) is 119 Å². The Labute approximate surface area is 241 Å². The van der Waals surface area contributed by atoms with Crippen molar-refractivity contribution in [3.63, 3.8) is 0 Å². The van der Waals surface area contributed by atoms with Crippen LogP contribution in [0.1, 0.15) is 46.9 Å². The molecule has 3 fully saturated rings. The Morgan fingerprint density at radius 2 is 1.52 bits per heavy atom. The molecule has 1 saturated heterocycles. The Hall–Kier alpha value is -3.43. The molecule has 9 nitrogen and oxygen atoms in total. The molecule has 11 heteroatoms. The average molecular weight is 587 g/mol. The maximum atomic E-state index is 13.2. The van der Waals surface area contributed by atoms with Gasteiger partial charge in [0, 0.05) is 5.69 Å². The van der Waals surface area contributed by atoms with Gasteiger partial charge in [-0.3, -0.25) is 19.3 Å². The molecule has 2 aliphatic carbocycles. The van der Waals surface area contributed by atoms with E-state index in [-0.39, 0.29) is 45.7 Å². The van der Waals surface area contributed by atoms with Gasteiger partial charge >= 0.3 is 11.9 Å². The normalized spacial score (nSPS) is 26.5. The van der Waals surface area contributed by atoms with Gasteiger partial charge in [-0.1, -0.05) is 19.4 Å². The number of anilines is 2. The monoisotopic (exact) mass is 586 g/mol. The van der Waals surface area contributed by atoms with Crippen molar-refractivity contribution in [1.29, 1.82) is 0 Å². The Kier molecular flexibility index (Phi) is 8.14. The van der Waals surface area contributed by atoms with Gasteiger partial charge in [-0.25, -0.2) is 9.59 Å². The summed E-state index contributed by atoms with van der Waals surface area (Å²) in [5, 5.41) is 1.87. The Morgan fingerprint density at radius 3 is 2.15 bits per heavy atom. The molecule has 1 aliphatic heterocycles. The molecule has 0 spiro atoms. The van der Waals surface area contributed by atoms with Crippen LogP contribution in [0.25, 0.3) is 0 Å². The smallest absolute Gasteiger partial charge is 0.338 e. The van der Waals surface area contributed by atoms with E-state index >= 15 is 0 Å². The predicted octanol–water partition coefficient (Wildman–Crippen LogP) is 4.41. The van der Waals surface area contributed by atoms with Crippen molar-refractivity contribution in [1.82, 2.24) is 0 Å². The summed E-state index contributed by atoms with van der Waals surface area (Å²) in [6, 6.07) is 12.1. The average Bonchev–Trinajstić information content (AvgIpc) is 3.57. The van der Waals surface area contributed by atoms with E-state index in [2.05, 4.69) is 5.32 Å². The molecule has 2 bridgehead atoms. The van der Waals surface area contributed by atoms with Gasteiger partial charge in [0.25, 0.3) is 5.91 Å². The lowest BCUT2D eigenvalue weighted by atomic mass is 9.80. The molecular weight excluding hydrogens is 559 g/mol. The molecule has 40 heavy (non-hydrogen) atoms. The summed E-state index contributed by atoms with van der Waals surface area (Å²) in [4.78, 5) is 64.6. The maximum Gasteiger partial charge on any atom is 0.338 e. The summed E-state index contributed by atoms with van der Waals surface area (Å²) in [5.41, 5.74) is 1.12. The number of amides is 3. The van der Waals surface area contributed by atoms with E-state index < -0.39 is 36.3 Å². The van der Waals surface area contributed by atoms with Gasteiger partial charge in [0.15, 0.2) is 6.61 Å². The molecule has 210 valence electrons. The number of hydrogen-bond acceptors (Lipinski definition) is 7. The highest BCUT2D eigenvalue weighted by molar-refractivity contribution is 6.32. The fourth-order valence-corrected chi connectivity index (χ4v) is 6.76. The van der Waals surface area contributed by atoms with E-state index in [0.29, 0.717) is 24.3 Å². The van der Waals surface area contributed by atoms with E-state index in [1.807, 2.05) is 6.92 Å². The SMILES string of the molecule is CCCCOC(=O)c1ccc(NC(=O)COC(=O)c2cccc(N3C(=O)[C@@H]4[C@H]5C[C@@H]([C@H](Cl)[C@@H]5Cl)[C@@H]4C3=O)c2)cc1. The number of fused-ring (bicyclic) bond motifs is 5. The number of esters is 2. The fraction of sp³-hybridized carbons (Fsp3) is 0.414. The number of halogens is 2. The zero-order valence-electron chi connectivity index (χ0n) is 21.7. The van der Waals surface area contributed by atoms with Crippen molar-refractivity contribution in [2.24, 2.45) is 23.7 Å². The van der Waals surface area contributed by atoms with Crippen LogP contribution in [0.15, 0.2) is 48.5 Å². The minimum absolute atomic E-state index is 0.0855. The second-order valence-corrected chi connectivity index (χ2v) is 11.3. The molecule has 0 unspecified atom stereocenters. The van der Waals surface area contributed by atoms with Crippen LogP contribution in [0.5, 0.6) is 0 Å². The second kappa shape index (κ2) is 11.6. The first-order valence-electron chi connectivity index (χ1n) is 13.2. The highest BCUT2D eigenvalue weighted by Gasteiger charge is 2.66. The Balaban J connectivity index is 1.17. The molecule has 5 rings (SSSR count). The summed E-state index contributed by atoms with van der Waals surface area (Å²) < 4.78 is 10.3. The zero-order chi connectivity index (χ0) is 28.6. The Morgan fingerprint density at radius 1 is 0.900 bits per heavy atom. The molecule has 0 aromatic heterocycles. The summed E-state index contributed by atoms with van der Waals surface area (Å²) in [7, 11) is 0. The lowest BCUT2D eigenvalue weighted by Gasteiger charge is -2.28. The first kappa shape index (κ1) is 28.1. The van der Waals surface area contributed by atoms with Crippen LogP contribution in [-0.4, -0.2) is 53.6 Å². The largest absolute Gasteiger partial charge is 0.462 e. The first-order valence-corrected chi connectivity index (χ1v) is 14.1. The molecule has 2 saturated carbocycles. The van der Waals surface area contributed by atoms with Crippen LogP contribution in [0, 0.1) is 23.7 Å². The minimum Gasteiger partial charge on any atom is -0.462 e. The molecule has 1 heterocycles. The number of imide groups is 1. The molecule has 2 aromatic rings. The van der Waals surface area contributed by atoms with E-state index in [1.165, 1.54) is 24.3 Å². The number of benzene rings is 2. The molecule has 1 N–H and O–H groups in total. The number of rotatable bonds is 9. The third kappa shape index (κ3) is 5.20. The zero-order valence-corrected chi connectivity index (χ0v) is 23.2. The number of nitrogens with one attached hydrogen (secondary N) is 1. The third-order valence-corrected chi connectivity index (χ3v) is 9.12. The van der Waals surface area contributed by atoms with Gasteiger partial charge in [-0.05, 0) is 67.1 Å². The summed E-state index contributed by atoms with van der Waals surface area (Å²) in [6.45, 7) is 1.78. The van der Waals surface area contributed by atoms with E-state index in [0.717, 1.165) is 17.7 Å². The van der Waals surface area contributed by atoms with Gasteiger partial charge in [-0.15, -0.1) is 23.2 Å². The third-order valence-electron chi connectivity index (χ3n) is 7.80. The van der Waals surface area contributed by atoms with Crippen molar-refractivity contribution < 1.29 is 33.4 Å². The van der Waals surface area contributed by atoms with Crippen molar-refractivity contribution in [2.45, 2.75) is 36.9 Å². The number of alkyl halides is 2. The number of ether oxygens (including phenoxy) is 2. The number of hydrogen-bond donors (Lipinski definition) is 1. The number of carbonyl (C=O) groups is 5. The highest BCUT2D eigenvalue weighted by atomic mass is 35.5. The molecule has 3 aliphatic rings. The molecule has 0 radical (unpaired) electrons. The number of carbonyl (C=O) groups excluding carboxylic acids is 5. The first-order chi connectivity index (χ1) is 19.2. The van der Waals surface area contributed by atoms with Crippen LogP contribution in [0.4, 0.5) is 11.4 Å². The van der Waals surface area contributed by atoms with Crippen molar-refractivity contribution >= 4 is 64.2 Å². The summed E-state index contributed by atoms with van der Waals surface area (Å²) in [5.74, 6) is -3.78. The maximum absolute atomic E-state index is 13.2. The van der Waals surface area contributed by atoms with Gasteiger partial charge in [0.1, 0.15) is 0 Å². The second-order valence-electron chi connectivity index (χ2n) is 10.3. The van der Waals surface area contributed by atoms with Crippen LogP contribution in [0.3, 0.4) is 0 Å². The number of nitrogens with zero attached hydrogens (tertiary/aromatic N) is 1. The van der Waals surface area contributed by atoms with E-state index in [9.17, 15) is 24.0 Å². The quantitative estimate of drug-likeness (QED) is 0.200. The van der Waals surface area contributed by atoms with E-state index in [4.69, 9.17) is 32.7 Å². The van der Waals surface area contributed by atoms with Crippen LogP contribution >= 0.6 is 23.2 Å². The molecule has 6 atom stereocenters. The minimum atomic E-state index is -0.789. The van der Waals surface area contributed by atoms with Crippen LogP contribution in [-0.2, 0) is 23.9 Å². The van der Waals surface area contributed by atoms with E-state index in [1.54, 1.807) is 24.3 Å². The van der Waals surface area contributed by atoms with Gasteiger partial charge < -0.3 is 14.8 Å². The van der Waals surface area contributed by atoms with Crippen LogP contribution < -0.4 is 10.2 Å². The van der Waals surface area contributed by atoms with Crippen molar-refractivity contribution in [3.05, 3.63) is 59.7 Å². The summed E-state index contributed by atoms with van der Waals surface area (Å²) >= 11 is 12.8. The lowest BCUT2D eigenvalue weighted by Crippen LogP contribution is -2.37. The standard InChI is InChI=1S/C29H28Cl2N2O7/c1-2-3-11-39-28(37)15-7-9-17(10-8-15)32-21(34)14-40-29(38)16-5-4-6-18(12-16)33-26(35)22-19-13-20(23(22)27(33)36)25(31)24(19)30/h4-10,12,19-20,22-25H,2-3,11,13-14H2,1H3,(H,32,34)/t19-,20-,22-,23+,24-,25+/m1/s1. The lowest BCUT2D eigenvalue weighted by molar-refractivity contribution is -0.123. The van der Waals surface area contributed by atoms with Crippen molar-refractivity contribution in [3.8, 4) is 0 Å². The molecule has 3 amide bonds. The summed E-state index contributed by atoms with van der Waals surface area (Å²) in [6.07, 6.45) is 2.36. The highest BCUT2D eigenvalue weighted by Crippen LogP contribution is 2.59. The van der Waals surface area contributed by atoms with Crippen LogP contribution in [0.2, 0.25) is 0 Å². The Bertz CT molecular complexity index is 1320. The molecular formula is C29H28Cl2N2O7. The van der Waals surface area contributed by atoms with Crippen molar-refractivity contribution in [2.75, 3.05) is 23.4 Å². The van der Waals surface area contributed by atoms with Gasteiger partial charge in [-0.2, -0.15) is 0 Å². The molecule has 2 aromatic carbocycles. The van der Waals surface area contributed by atoms with Gasteiger partial charge in [0.05, 0.1) is 46.0 Å².